The van der Waals surface area contributed by atoms with Gasteiger partial charge in [-0.1, -0.05) is 12.1 Å². The molecule has 6 nitrogen and oxygen atoms in total. The smallest absolute Gasteiger partial charge is 0.319 e. The van der Waals surface area contributed by atoms with E-state index in [0.717, 1.165) is 22.7 Å². The zero-order valence-corrected chi connectivity index (χ0v) is 16.1. The number of hydrogen-bond donors (Lipinski definition) is 2. The zero-order valence-electron chi connectivity index (χ0n) is 16.1. The minimum Gasteiger partial charge on any atom is -0.497 e. The molecular weight excluding hydrogens is 328 g/mol. The number of carbonyl (C=O) groups excluding carboxylic acids is 1. The summed E-state index contributed by atoms with van der Waals surface area (Å²) in [5.41, 5.74) is 2.93. The first kappa shape index (κ1) is 19.6. The number of nitrogens with one attached hydrogen (secondary N) is 2. The summed E-state index contributed by atoms with van der Waals surface area (Å²) in [6, 6.07) is 15.4. The van der Waals surface area contributed by atoms with Gasteiger partial charge in [-0.25, -0.2) is 4.79 Å². The van der Waals surface area contributed by atoms with Crippen molar-refractivity contribution in [2.45, 2.75) is 6.04 Å². The van der Waals surface area contributed by atoms with Gasteiger partial charge in [0, 0.05) is 32.0 Å². The van der Waals surface area contributed by atoms with Crippen molar-refractivity contribution in [2.24, 2.45) is 0 Å². The third-order valence-corrected chi connectivity index (χ3v) is 4.20. The molecule has 0 bridgehead atoms. The average molecular weight is 356 g/mol. The van der Waals surface area contributed by atoms with E-state index in [1.165, 1.54) is 0 Å². The van der Waals surface area contributed by atoms with Crippen LogP contribution in [0.5, 0.6) is 5.75 Å². The van der Waals surface area contributed by atoms with Gasteiger partial charge in [0.2, 0.25) is 0 Å². The van der Waals surface area contributed by atoms with Crippen LogP contribution in [0.25, 0.3) is 0 Å². The fourth-order valence-electron chi connectivity index (χ4n) is 2.65. The standard InChI is InChI=1S/C20H28N4O2/c1-23(2)17-11-9-16(10-12-17)22-20(25)21-14-19(24(3)4)15-7-6-8-18(13-15)26-5/h6-13,19H,14H2,1-5H3,(H2,21,22,25). The molecule has 2 amide bonds. The van der Waals surface area contributed by atoms with Crippen LogP contribution < -0.4 is 20.3 Å². The highest BCUT2D eigenvalue weighted by Gasteiger charge is 2.16. The van der Waals surface area contributed by atoms with Gasteiger partial charge >= 0.3 is 6.03 Å². The van der Waals surface area contributed by atoms with Crippen LogP contribution in [0.15, 0.2) is 48.5 Å². The number of amides is 2. The van der Waals surface area contributed by atoms with Gasteiger partial charge in [-0.05, 0) is 56.1 Å². The molecule has 26 heavy (non-hydrogen) atoms. The van der Waals surface area contributed by atoms with Crippen LogP contribution in [0.4, 0.5) is 16.2 Å². The van der Waals surface area contributed by atoms with Gasteiger partial charge in [-0.15, -0.1) is 0 Å². The second kappa shape index (κ2) is 9.10. The molecule has 2 N–H and O–H groups in total. The third-order valence-electron chi connectivity index (χ3n) is 4.20. The van der Waals surface area contributed by atoms with E-state index in [4.69, 9.17) is 4.74 Å². The van der Waals surface area contributed by atoms with E-state index < -0.39 is 0 Å². The minimum atomic E-state index is -0.225. The maximum atomic E-state index is 12.2. The molecule has 0 aliphatic rings. The highest BCUT2D eigenvalue weighted by atomic mass is 16.5. The van der Waals surface area contributed by atoms with E-state index in [-0.39, 0.29) is 12.1 Å². The molecule has 0 aliphatic carbocycles. The lowest BCUT2D eigenvalue weighted by molar-refractivity contribution is 0.243. The summed E-state index contributed by atoms with van der Waals surface area (Å²) in [6.45, 7) is 0.488. The lowest BCUT2D eigenvalue weighted by atomic mass is 10.1. The van der Waals surface area contributed by atoms with Gasteiger partial charge < -0.3 is 25.2 Å². The van der Waals surface area contributed by atoms with Crippen molar-refractivity contribution in [2.75, 3.05) is 52.1 Å². The fraction of sp³-hybridized carbons (Fsp3) is 0.350. The highest BCUT2D eigenvalue weighted by Crippen LogP contribution is 2.22. The number of likely N-dealkylation sites (N-methyl/N-ethyl adjacent to an activating group) is 1. The van der Waals surface area contributed by atoms with Crippen molar-refractivity contribution in [3.8, 4) is 5.75 Å². The molecule has 0 saturated carbocycles. The second-order valence-corrected chi connectivity index (χ2v) is 6.53. The Morgan fingerprint density at radius 1 is 1.08 bits per heavy atom. The predicted molar refractivity (Wildman–Crippen MR) is 107 cm³/mol. The number of hydrogen-bond acceptors (Lipinski definition) is 4. The van der Waals surface area contributed by atoms with E-state index >= 15 is 0 Å². The molecule has 0 saturated heterocycles. The average Bonchev–Trinajstić information content (AvgIpc) is 2.62. The molecule has 2 rings (SSSR count). The predicted octanol–water partition coefficient (Wildman–Crippen LogP) is 3.19. The Balaban J connectivity index is 1.96. The van der Waals surface area contributed by atoms with Gasteiger partial charge in [-0.2, -0.15) is 0 Å². The number of anilines is 2. The van der Waals surface area contributed by atoms with E-state index in [1.54, 1.807) is 7.11 Å². The topological polar surface area (TPSA) is 56.8 Å². The monoisotopic (exact) mass is 356 g/mol. The fourth-order valence-corrected chi connectivity index (χ4v) is 2.65. The molecule has 6 heteroatoms. The van der Waals surface area contributed by atoms with E-state index in [0.29, 0.717) is 6.54 Å². The van der Waals surface area contributed by atoms with E-state index in [1.807, 2.05) is 81.6 Å². The number of ether oxygens (including phenoxy) is 1. The van der Waals surface area contributed by atoms with Crippen LogP contribution in [-0.4, -0.2) is 52.8 Å². The van der Waals surface area contributed by atoms with Crippen molar-refractivity contribution < 1.29 is 9.53 Å². The molecule has 0 aliphatic heterocycles. The van der Waals surface area contributed by atoms with Crippen LogP contribution >= 0.6 is 0 Å². The minimum absolute atomic E-state index is 0.0481. The summed E-state index contributed by atoms with van der Waals surface area (Å²) >= 11 is 0. The van der Waals surface area contributed by atoms with Gasteiger partial charge in [-0.3, -0.25) is 0 Å². The van der Waals surface area contributed by atoms with Gasteiger partial charge in [0.15, 0.2) is 0 Å². The van der Waals surface area contributed by atoms with E-state index in [2.05, 4.69) is 15.5 Å². The molecule has 1 unspecified atom stereocenters. The van der Waals surface area contributed by atoms with Crippen LogP contribution in [0.1, 0.15) is 11.6 Å². The first-order valence-corrected chi connectivity index (χ1v) is 8.53. The van der Waals surface area contributed by atoms with Crippen LogP contribution in [0.2, 0.25) is 0 Å². The largest absolute Gasteiger partial charge is 0.497 e. The Hall–Kier alpha value is -2.73. The number of methoxy groups -OCH3 is 1. The van der Waals surface area contributed by atoms with Gasteiger partial charge in [0.1, 0.15) is 5.75 Å². The summed E-state index contributed by atoms with van der Waals surface area (Å²) in [5, 5.41) is 5.81. The molecule has 140 valence electrons. The quantitative estimate of drug-likeness (QED) is 0.800. The summed E-state index contributed by atoms with van der Waals surface area (Å²) in [4.78, 5) is 16.3. The summed E-state index contributed by atoms with van der Waals surface area (Å²) in [6.07, 6.45) is 0. The number of benzene rings is 2. The van der Waals surface area contributed by atoms with Crippen molar-refractivity contribution in [1.29, 1.82) is 0 Å². The molecule has 2 aromatic rings. The summed E-state index contributed by atoms with van der Waals surface area (Å²) in [7, 11) is 9.59. The van der Waals surface area contributed by atoms with Crippen LogP contribution in [0, 0.1) is 0 Å². The molecule has 1 atom stereocenters. The first-order valence-electron chi connectivity index (χ1n) is 8.53. The number of urea groups is 1. The SMILES string of the molecule is COc1cccc(C(CNC(=O)Nc2ccc(N(C)C)cc2)N(C)C)c1. The second-order valence-electron chi connectivity index (χ2n) is 6.53. The van der Waals surface area contributed by atoms with Crippen molar-refractivity contribution in [3.63, 3.8) is 0 Å². The lowest BCUT2D eigenvalue weighted by Gasteiger charge is -2.25. The Bertz CT molecular complexity index is 714. The number of nitrogens with zero attached hydrogens (tertiary/aromatic N) is 2. The molecule has 2 aromatic carbocycles. The summed E-state index contributed by atoms with van der Waals surface area (Å²) < 4.78 is 5.29. The Morgan fingerprint density at radius 2 is 1.77 bits per heavy atom. The highest BCUT2D eigenvalue weighted by molar-refractivity contribution is 5.89. The number of rotatable bonds is 7. The Kier molecular flexibility index (Phi) is 6.86. The van der Waals surface area contributed by atoms with Crippen molar-refractivity contribution >= 4 is 17.4 Å². The molecular formula is C20H28N4O2. The third kappa shape index (κ3) is 5.39. The first-order chi connectivity index (χ1) is 12.4. The van der Waals surface area contributed by atoms with Crippen molar-refractivity contribution in [3.05, 3.63) is 54.1 Å². The Morgan fingerprint density at radius 3 is 2.35 bits per heavy atom. The zero-order chi connectivity index (χ0) is 19.1. The van der Waals surface area contributed by atoms with Gasteiger partial charge in [0.05, 0.1) is 13.2 Å². The molecule has 0 heterocycles. The van der Waals surface area contributed by atoms with Crippen LogP contribution in [0.3, 0.4) is 0 Å². The Labute approximate surface area is 155 Å². The normalized spacial score (nSPS) is 11.8. The molecule has 0 spiro atoms. The maximum Gasteiger partial charge on any atom is 0.319 e. The lowest BCUT2D eigenvalue weighted by Crippen LogP contribution is -2.36. The summed E-state index contributed by atoms with van der Waals surface area (Å²) in [5.74, 6) is 0.805. The molecule has 0 fully saturated rings. The van der Waals surface area contributed by atoms with Crippen LogP contribution in [-0.2, 0) is 0 Å². The maximum absolute atomic E-state index is 12.2. The molecule has 0 radical (unpaired) electrons. The van der Waals surface area contributed by atoms with E-state index in [9.17, 15) is 4.79 Å². The van der Waals surface area contributed by atoms with Gasteiger partial charge in [0.25, 0.3) is 0 Å². The number of carbonyl (C=O) groups is 1. The van der Waals surface area contributed by atoms with Crippen molar-refractivity contribution in [1.82, 2.24) is 10.2 Å². The molecule has 0 aromatic heterocycles.